The smallest absolute Gasteiger partial charge is 0.273 e. The van der Waals surface area contributed by atoms with Gasteiger partial charge in [-0.15, -0.1) is 0 Å². The first kappa shape index (κ1) is 11.6. The van der Waals surface area contributed by atoms with Crippen LogP contribution in [0.5, 0.6) is 0 Å². The van der Waals surface area contributed by atoms with Gasteiger partial charge in [0.25, 0.3) is 5.56 Å². The van der Waals surface area contributed by atoms with Crippen molar-refractivity contribution >= 4 is 0 Å². The SMILES string of the molecule is Cc1ccc(-n2c(=O)cc(C(C)C)n2C)nc1. The molecule has 0 unspecified atom stereocenters. The van der Waals surface area contributed by atoms with Crippen molar-refractivity contribution in [2.24, 2.45) is 7.05 Å². The maximum Gasteiger partial charge on any atom is 0.273 e. The van der Waals surface area contributed by atoms with Crippen LogP contribution in [-0.2, 0) is 7.05 Å². The van der Waals surface area contributed by atoms with Crippen LogP contribution in [-0.4, -0.2) is 14.3 Å². The second-order valence-electron chi connectivity index (χ2n) is 4.59. The Hall–Kier alpha value is -1.84. The number of aryl methyl sites for hydroxylation is 1. The fraction of sp³-hybridized carbons (Fsp3) is 0.385. The largest absolute Gasteiger partial charge is 0.283 e. The molecule has 2 aromatic rings. The summed E-state index contributed by atoms with van der Waals surface area (Å²) in [5, 5.41) is 0. The normalized spacial score (nSPS) is 11.1. The molecule has 0 radical (unpaired) electrons. The van der Waals surface area contributed by atoms with Gasteiger partial charge in [-0.1, -0.05) is 19.9 Å². The van der Waals surface area contributed by atoms with E-state index < -0.39 is 0 Å². The van der Waals surface area contributed by atoms with E-state index in [0.29, 0.717) is 11.7 Å². The molecular formula is C13H17N3O. The molecule has 0 aliphatic carbocycles. The Labute approximate surface area is 101 Å². The minimum Gasteiger partial charge on any atom is -0.283 e. The van der Waals surface area contributed by atoms with Crippen molar-refractivity contribution in [2.45, 2.75) is 26.7 Å². The van der Waals surface area contributed by atoms with E-state index in [1.807, 2.05) is 30.8 Å². The Bertz CT molecular complexity index is 576. The summed E-state index contributed by atoms with van der Waals surface area (Å²) in [6.45, 7) is 6.12. The van der Waals surface area contributed by atoms with Gasteiger partial charge in [0, 0.05) is 25.0 Å². The van der Waals surface area contributed by atoms with Gasteiger partial charge in [0.15, 0.2) is 5.82 Å². The number of aromatic nitrogens is 3. The predicted molar refractivity (Wildman–Crippen MR) is 67.6 cm³/mol. The van der Waals surface area contributed by atoms with Gasteiger partial charge in [0.1, 0.15) is 0 Å². The maximum atomic E-state index is 12.0. The molecule has 0 spiro atoms. The minimum absolute atomic E-state index is 0.0347. The Morgan fingerprint density at radius 1 is 1.29 bits per heavy atom. The number of rotatable bonds is 2. The van der Waals surface area contributed by atoms with Crippen LogP contribution in [0.25, 0.3) is 5.82 Å². The molecule has 0 aliphatic rings. The van der Waals surface area contributed by atoms with Gasteiger partial charge in [-0.05, 0) is 24.5 Å². The zero-order valence-electron chi connectivity index (χ0n) is 10.6. The number of pyridine rings is 1. The molecule has 0 saturated carbocycles. The highest BCUT2D eigenvalue weighted by Crippen LogP contribution is 2.13. The fourth-order valence-electron chi connectivity index (χ4n) is 1.94. The third-order valence-electron chi connectivity index (χ3n) is 2.86. The van der Waals surface area contributed by atoms with Crippen LogP contribution in [0.1, 0.15) is 31.0 Å². The molecule has 0 amide bonds. The first-order chi connectivity index (χ1) is 8.00. The van der Waals surface area contributed by atoms with Gasteiger partial charge >= 0.3 is 0 Å². The van der Waals surface area contributed by atoms with E-state index in [1.165, 1.54) is 0 Å². The summed E-state index contributed by atoms with van der Waals surface area (Å²) < 4.78 is 3.46. The molecule has 17 heavy (non-hydrogen) atoms. The number of hydrogen-bond donors (Lipinski definition) is 0. The molecule has 90 valence electrons. The van der Waals surface area contributed by atoms with E-state index in [1.54, 1.807) is 16.9 Å². The van der Waals surface area contributed by atoms with Gasteiger partial charge in [-0.2, -0.15) is 4.68 Å². The average molecular weight is 231 g/mol. The summed E-state index contributed by atoms with van der Waals surface area (Å²) in [5.74, 6) is 0.981. The Balaban J connectivity index is 2.60. The molecule has 2 heterocycles. The van der Waals surface area contributed by atoms with Crippen LogP contribution in [0.4, 0.5) is 0 Å². The zero-order valence-corrected chi connectivity index (χ0v) is 10.6. The van der Waals surface area contributed by atoms with Crippen molar-refractivity contribution in [3.63, 3.8) is 0 Å². The summed E-state index contributed by atoms with van der Waals surface area (Å²) >= 11 is 0. The van der Waals surface area contributed by atoms with Crippen molar-refractivity contribution in [1.82, 2.24) is 14.3 Å². The number of nitrogens with zero attached hydrogens (tertiary/aromatic N) is 3. The summed E-state index contributed by atoms with van der Waals surface area (Å²) in [4.78, 5) is 16.2. The molecule has 0 fully saturated rings. The van der Waals surface area contributed by atoms with Crippen LogP contribution < -0.4 is 5.56 Å². The second kappa shape index (κ2) is 4.20. The Morgan fingerprint density at radius 2 is 2.00 bits per heavy atom. The van der Waals surface area contributed by atoms with Crippen LogP contribution >= 0.6 is 0 Å². The van der Waals surface area contributed by atoms with E-state index in [0.717, 1.165) is 11.3 Å². The van der Waals surface area contributed by atoms with Gasteiger partial charge in [0.2, 0.25) is 0 Å². The number of hydrogen-bond acceptors (Lipinski definition) is 2. The summed E-state index contributed by atoms with van der Waals surface area (Å²) in [6.07, 6.45) is 1.77. The lowest BCUT2D eigenvalue weighted by atomic mass is 10.1. The lowest BCUT2D eigenvalue weighted by Crippen LogP contribution is -2.20. The molecule has 0 atom stereocenters. The van der Waals surface area contributed by atoms with Gasteiger partial charge < -0.3 is 0 Å². The molecule has 4 nitrogen and oxygen atoms in total. The third-order valence-corrected chi connectivity index (χ3v) is 2.86. The Morgan fingerprint density at radius 3 is 2.47 bits per heavy atom. The van der Waals surface area contributed by atoms with Crippen molar-refractivity contribution in [2.75, 3.05) is 0 Å². The summed E-state index contributed by atoms with van der Waals surface area (Å²) in [7, 11) is 1.89. The van der Waals surface area contributed by atoms with Crippen LogP contribution in [0.3, 0.4) is 0 Å². The van der Waals surface area contributed by atoms with Gasteiger partial charge in [-0.25, -0.2) is 4.98 Å². The van der Waals surface area contributed by atoms with E-state index >= 15 is 0 Å². The van der Waals surface area contributed by atoms with E-state index in [-0.39, 0.29) is 5.56 Å². The minimum atomic E-state index is -0.0347. The van der Waals surface area contributed by atoms with E-state index in [2.05, 4.69) is 18.8 Å². The van der Waals surface area contributed by atoms with Crippen molar-refractivity contribution in [1.29, 1.82) is 0 Å². The maximum absolute atomic E-state index is 12.0. The molecule has 0 bridgehead atoms. The molecule has 2 rings (SSSR count). The summed E-state index contributed by atoms with van der Waals surface area (Å²) in [6, 6.07) is 5.49. The van der Waals surface area contributed by atoms with Gasteiger partial charge in [-0.3, -0.25) is 9.48 Å². The van der Waals surface area contributed by atoms with Crippen molar-refractivity contribution in [3.05, 3.63) is 46.0 Å². The topological polar surface area (TPSA) is 39.8 Å². The van der Waals surface area contributed by atoms with Crippen LogP contribution in [0.15, 0.2) is 29.2 Å². The lowest BCUT2D eigenvalue weighted by molar-refractivity contribution is 0.586. The average Bonchev–Trinajstić information content (AvgIpc) is 2.56. The van der Waals surface area contributed by atoms with E-state index in [9.17, 15) is 4.79 Å². The van der Waals surface area contributed by atoms with Crippen molar-refractivity contribution in [3.8, 4) is 5.82 Å². The molecular weight excluding hydrogens is 214 g/mol. The summed E-state index contributed by atoms with van der Waals surface area (Å²) in [5.41, 5.74) is 2.06. The standard InChI is InChI=1S/C13H17N3O/c1-9(2)11-7-13(17)16(15(11)4)12-6-5-10(3)8-14-12/h5-9H,1-4H3. The lowest BCUT2D eigenvalue weighted by Gasteiger charge is -2.11. The zero-order chi connectivity index (χ0) is 12.6. The van der Waals surface area contributed by atoms with Crippen LogP contribution in [0, 0.1) is 6.92 Å². The Kier molecular flexibility index (Phi) is 2.88. The molecule has 0 aromatic carbocycles. The van der Waals surface area contributed by atoms with E-state index in [4.69, 9.17) is 0 Å². The monoisotopic (exact) mass is 231 g/mol. The fourth-order valence-corrected chi connectivity index (χ4v) is 1.94. The van der Waals surface area contributed by atoms with Crippen LogP contribution in [0.2, 0.25) is 0 Å². The molecule has 0 aliphatic heterocycles. The molecule has 0 saturated heterocycles. The third kappa shape index (κ3) is 2.02. The highest BCUT2D eigenvalue weighted by atomic mass is 16.1. The predicted octanol–water partition coefficient (Wildman–Crippen LogP) is 2.00. The highest BCUT2D eigenvalue weighted by Gasteiger charge is 2.12. The first-order valence-electron chi connectivity index (χ1n) is 5.72. The molecule has 4 heteroatoms. The molecule has 2 aromatic heterocycles. The quantitative estimate of drug-likeness (QED) is 0.793. The highest BCUT2D eigenvalue weighted by molar-refractivity contribution is 5.25. The van der Waals surface area contributed by atoms with Crippen molar-refractivity contribution < 1.29 is 0 Å². The first-order valence-corrected chi connectivity index (χ1v) is 5.72. The van der Waals surface area contributed by atoms with Gasteiger partial charge in [0.05, 0.1) is 0 Å². The second-order valence-corrected chi connectivity index (χ2v) is 4.59. The molecule has 0 N–H and O–H groups in total.